The average Bonchev–Trinajstić information content (AvgIpc) is 3.20. The number of hydrogen-bond acceptors (Lipinski definition) is 4. The van der Waals surface area contributed by atoms with Crippen LogP contribution in [0.3, 0.4) is 0 Å². The summed E-state index contributed by atoms with van der Waals surface area (Å²) in [6, 6.07) is 8.67. The number of carbonyl (C=O) groups is 1. The van der Waals surface area contributed by atoms with Crippen molar-refractivity contribution >= 4 is 17.7 Å². The zero-order valence-corrected chi connectivity index (χ0v) is 14.2. The number of amides is 1. The molecule has 2 fully saturated rings. The van der Waals surface area contributed by atoms with Crippen molar-refractivity contribution in [3.63, 3.8) is 0 Å². The van der Waals surface area contributed by atoms with Gasteiger partial charge < -0.3 is 10.0 Å². The van der Waals surface area contributed by atoms with E-state index in [1.165, 1.54) is 10.5 Å². The molecule has 124 valence electrons. The molecule has 2 aliphatic heterocycles. The molecule has 1 aromatic carbocycles. The summed E-state index contributed by atoms with van der Waals surface area (Å²) in [6.45, 7) is 3.40. The van der Waals surface area contributed by atoms with E-state index in [-0.39, 0.29) is 17.3 Å². The fourth-order valence-electron chi connectivity index (χ4n) is 4.14. The number of nitrogens with zero attached hydrogens (tertiary/aromatic N) is 2. The molecule has 2 heterocycles. The summed E-state index contributed by atoms with van der Waals surface area (Å²) in [4.78, 5) is 18.5. The van der Waals surface area contributed by atoms with E-state index in [1.54, 1.807) is 11.8 Å². The first-order valence-corrected chi connectivity index (χ1v) is 9.56. The summed E-state index contributed by atoms with van der Waals surface area (Å²) in [6.07, 6.45) is 3.85. The highest BCUT2D eigenvalue weighted by molar-refractivity contribution is 8.01. The Kier molecular flexibility index (Phi) is 4.35. The number of rotatable bonds is 2. The third-order valence-corrected chi connectivity index (χ3v) is 6.77. The number of aliphatic hydroxyl groups is 1. The maximum absolute atomic E-state index is 12.8. The Morgan fingerprint density at radius 1 is 1.13 bits per heavy atom. The zero-order valence-electron chi connectivity index (χ0n) is 13.4. The van der Waals surface area contributed by atoms with Gasteiger partial charge in [0.25, 0.3) is 0 Å². The summed E-state index contributed by atoms with van der Waals surface area (Å²) < 4.78 is 0. The SMILES string of the molecule is O=C([C@@H]1Cc2ccccc2S1)N1CCN([C@H]2CCC[C@H]2O)CC1. The molecule has 3 atom stereocenters. The average molecular weight is 332 g/mol. The molecule has 0 unspecified atom stereocenters. The van der Waals surface area contributed by atoms with Gasteiger partial charge in [0, 0.05) is 37.1 Å². The molecule has 1 saturated carbocycles. The molecule has 5 heteroatoms. The molecular weight excluding hydrogens is 308 g/mol. The molecule has 0 radical (unpaired) electrons. The fraction of sp³-hybridized carbons (Fsp3) is 0.611. The van der Waals surface area contributed by atoms with Crippen LogP contribution in [0.5, 0.6) is 0 Å². The normalized spacial score (nSPS) is 31.3. The summed E-state index contributed by atoms with van der Waals surface area (Å²) in [7, 11) is 0. The highest BCUT2D eigenvalue weighted by atomic mass is 32.2. The van der Waals surface area contributed by atoms with E-state index in [0.717, 1.165) is 51.9 Å². The van der Waals surface area contributed by atoms with E-state index >= 15 is 0 Å². The van der Waals surface area contributed by atoms with E-state index in [2.05, 4.69) is 23.1 Å². The number of hydrogen-bond donors (Lipinski definition) is 1. The van der Waals surface area contributed by atoms with Crippen molar-refractivity contribution in [2.75, 3.05) is 26.2 Å². The molecule has 4 nitrogen and oxygen atoms in total. The largest absolute Gasteiger partial charge is 0.391 e. The van der Waals surface area contributed by atoms with Gasteiger partial charge in [-0.05, 0) is 37.3 Å². The van der Waals surface area contributed by atoms with Crippen molar-refractivity contribution < 1.29 is 9.90 Å². The van der Waals surface area contributed by atoms with Crippen LogP contribution in [0, 0.1) is 0 Å². The van der Waals surface area contributed by atoms with Crippen LogP contribution in [-0.4, -0.2) is 64.4 Å². The second kappa shape index (κ2) is 6.46. The van der Waals surface area contributed by atoms with Crippen molar-refractivity contribution in [1.29, 1.82) is 0 Å². The number of benzene rings is 1. The highest BCUT2D eigenvalue weighted by Gasteiger charge is 2.36. The van der Waals surface area contributed by atoms with Crippen LogP contribution in [0.25, 0.3) is 0 Å². The molecule has 1 aromatic rings. The molecule has 1 aliphatic carbocycles. The first-order chi connectivity index (χ1) is 11.2. The zero-order chi connectivity index (χ0) is 15.8. The second-order valence-electron chi connectivity index (χ2n) is 6.85. The summed E-state index contributed by atoms with van der Waals surface area (Å²) >= 11 is 1.72. The van der Waals surface area contributed by atoms with Gasteiger partial charge in [-0.15, -0.1) is 11.8 Å². The molecule has 1 N–H and O–H groups in total. The van der Waals surface area contributed by atoms with Gasteiger partial charge in [0.1, 0.15) is 0 Å². The van der Waals surface area contributed by atoms with Crippen LogP contribution in [0.1, 0.15) is 24.8 Å². The quantitative estimate of drug-likeness (QED) is 0.896. The van der Waals surface area contributed by atoms with E-state index in [0.29, 0.717) is 6.04 Å². The topological polar surface area (TPSA) is 43.8 Å². The van der Waals surface area contributed by atoms with Gasteiger partial charge in [-0.2, -0.15) is 0 Å². The number of aliphatic hydroxyl groups excluding tert-OH is 1. The summed E-state index contributed by atoms with van der Waals surface area (Å²) in [5, 5.41) is 10.1. The summed E-state index contributed by atoms with van der Waals surface area (Å²) in [5.74, 6) is 0.290. The van der Waals surface area contributed by atoms with Gasteiger partial charge in [0.15, 0.2) is 0 Å². The van der Waals surface area contributed by atoms with Gasteiger partial charge in [0.2, 0.25) is 5.91 Å². The Bertz CT molecular complexity index is 561. The lowest BCUT2D eigenvalue weighted by Crippen LogP contribution is -2.55. The Labute approximate surface area is 141 Å². The third-order valence-electron chi connectivity index (χ3n) is 5.46. The molecule has 4 rings (SSSR count). The van der Waals surface area contributed by atoms with Gasteiger partial charge in [-0.1, -0.05) is 18.2 Å². The lowest BCUT2D eigenvalue weighted by atomic mass is 10.1. The molecule has 0 bridgehead atoms. The van der Waals surface area contributed by atoms with Crippen LogP contribution in [0.4, 0.5) is 0 Å². The third kappa shape index (κ3) is 3.02. The second-order valence-corrected chi connectivity index (χ2v) is 8.09. The van der Waals surface area contributed by atoms with E-state index in [4.69, 9.17) is 0 Å². The number of thioether (sulfide) groups is 1. The molecule has 1 saturated heterocycles. The minimum Gasteiger partial charge on any atom is -0.391 e. The van der Waals surface area contributed by atoms with E-state index in [9.17, 15) is 9.90 Å². The van der Waals surface area contributed by atoms with Crippen LogP contribution in [-0.2, 0) is 11.2 Å². The fourth-order valence-corrected chi connectivity index (χ4v) is 5.42. The van der Waals surface area contributed by atoms with Gasteiger partial charge >= 0.3 is 0 Å². The van der Waals surface area contributed by atoms with Crippen molar-refractivity contribution in [2.45, 2.75) is 48.0 Å². The maximum Gasteiger partial charge on any atom is 0.236 e. The standard InChI is InChI=1S/C18H24N2O2S/c21-15-6-3-5-14(15)19-8-10-20(11-9-19)18(22)17-12-13-4-1-2-7-16(13)23-17/h1-2,4,7,14-15,17,21H,3,5-6,8-12H2/t14-,15+,17-/m0/s1. The lowest BCUT2D eigenvalue weighted by molar-refractivity contribution is -0.132. The van der Waals surface area contributed by atoms with Crippen molar-refractivity contribution in [3.05, 3.63) is 29.8 Å². The van der Waals surface area contributed by atoms with Crippen LogP contribution in [0.2, 0.25) is 0 Å². The smallest absolute Gasteiger partial charge is 0.236 e. The molecule has 1 amide bonds. The van der Waals surface area contributed by atoms with Crippen molar-refractivity contribution in [3.8, 4) is 0 Å². The molecule has 3 aliphatic rings. The Morgan fingerprint density at radius 3 is 2.61 bits per heavy atom. The molecule has 23 heavy (non-hydrogen) atoms. The Balaban J connectivity index is 1.33. The Hall–Kier alpha value is -1.04. The van der Waals surface area contributed by atoms with Crippen LogP contribution < -0.4 is 0 Å². The van der Waals surface area contributed by atoms with Gasteiger partial charge in [0.05, 0.1) is 11.4 Å². The first kappa shape index (κ1) is 15.5. The van der Waals surface area contributed by atoms with Crippen molar-refractivity contribution in [2.24, 2.45) is 0 Å². The summed E-state index contributed by atoms with van der Waals surface area (Å²) in [5.41, 5.74) is 1.31. The van der Waals surface area contributed by atoms with Gasteiger partial charge in [-0.25, -0.2) is 0 Å². The lowest BCUT2D eigenvalue weighted by Gasteiger charge is -2.39. The van der Waals surface area contributed by atoms with Crippen molar-refractivity contribution in [1.82, 2.24) is 9.80 Å². The minimum absolute atomic E-state index is 0.0519. The number of piperazine rings is 1. The number of fused-ring (bicyclic) bond motifs is 1. The van der Waals surface area contributed by atoms with Gasteiger partial charge in [-0.3, -0.25) is 9.69 Å². The number of carbonyl (C=O) groups excluding carboxylic acids is 1. The van der Waals surface area contributed by atoms with Crippen LogP contribution in [0.15, 0.2) is 29.2 Å². The first-order valence-electron chi connectivity index (χ1n) is 8.68. The monoisotopic (exact) mass is 332 g/mol. The predicted octanol–water partition coefficient (Wildman–Crippen LogP) is 1.76. The van der Waals surface area contributed by atoms with E-state index < -0.39 is 0 Å². The minimum atomic E-state index is -0.169. The van der Waals surface area contributed by atoms with Crippen LogP contribution >= 0.6 is 11.8 Å². The predicted molar refractivity (Wildman–Crippen MR) is 91.6 cm³/mol. The maximum atomic E-state index is 12.8. The molecule has 0 spiro atoms. The molecule has 0 aromatic heterocycles. The Morgan fingerprint density at radius 2 is 1.91 bits per heavy atom. The van der Waals surface area contributed by atoms with E-state index in [1.807, 2.05) is 11.0 Å². The molecular formula is C18H24N2O2S. The highest BCUT2D eigenvalue weighted by Crippen LogP contribution is 2.37.